The standard InChI is InChI=1S/C16H21N3O2/c1-13(8-10-17)18-16(21)9-11-19(14(2)20)12-15-6-4-3-5-7-15/h3-7,13H,8-9,11-12H2,1-2H3,(H,18,21). The topological polar surface area (TPSA) is 73.2 Å². The van der Waals surface area contributed by atoms with Crippen molar-refractivity contribution in [2.75, 3.05) is 6.54 Å². The van der Waals surface area contributed by atoms with Gasteiger partial charge < -0.3 is 10.2 Å². The third kappa shape index (κ3) is 6.57. The fourth-order valence-electron chi connectivity index (χ4n) is 1.92. The Kier molecular flexibility index (Phi) is 6.96. The maximum atomic E-state index is 11.7. The molecule has 0 aliphatic carbocycles. The van der Waals surface area contributed by atoms with E-state index in [0.29, 0.717) is 13.1 Å². The Bertz CT molecular complexity index is 508. The first-order valence-electron chi connectivity index (χ1n) is 6.98. The molecule has 1 atom stereocenters. The van der Waals surface area contributed by atoms with Crippen molar-refractivity contribution in [2.45, 2.75) is 39.3 Å². The van der Waals surface area contributed by atoms with Crippen LogP contribution in [0.5, 0.6) is 0 Å². The molecule has 0 aliphatic rings. The Hall–Kier alpha value is -2.35. The van der Waals surface area contributed by atoms with E-state index in [1.165, 1.54) is 6.92 Å². The Morgan fingerprint density at radius 2 is 2.00 bits per heavy atom. The first-order valence-corrected chi connectivity index (χ1v) is 6.98. The number of carbonyl (C=O) groups is 2. The summed E-state index contributed by atoms with van der Waals surface area (Å²) in [5.41, 5.74) is 1.03. The predicted octanol–water partition coefficient (Wildman–Crippen LogP) is 1.84. The third-order valence-electron chi connectivity index (χ3n) is 3.08. The number of nitrogens with zero attached hydrogens (tertiary/aromatic N) is 2. The lowest BCUT2D eigenvalue weighted by Gasteiger charge is -2.21. The number of nitrogens with one attached hydrogen (secondary N) is 1. The smallest absolute Gasteiger partial charge is 0.222 e. The van der Waals surface area contributed by atoms with E-state index in [1.807, 2.05) is 36.4 Å². The van der Waals surface area contributed by atoms with E-state index in [-0.39, 0.29) is 30.7 Å². The van der Waals surface area contributed by atoms with Crippen LogP contribution in [0.4, 0.5) is 0 Å². The lowest BCUT2D eigenvalue weighted by Crippen LogP contribution is -2.36. The largest absolute Gasteiger partial charge is 0.353 e. The highest BCUT2D eigenvalue weighted by atomic mass is 16.2. The van der Waals surface area contributed by atoms with Crippen molar-refractivity contribution in [3.63, 3.8) is 0 Å². The van der Waals surface area contributed by atoms with E-state index in [2.05, 4.69) is 5.32 Å². The molecule has 0 fully saturated rings. The molecule has 1 unspecified atom stereocenters. The van der Waals surface area contributed by atoms with E-state index in [4.69, 9.17) is 5.26 Å². The zero-order chi connectivity index (χ0) is 15.7. The molecule has 21 heavy (non-hydrogen) atoms. The fourth-order valence-corrected chi connectivity index (χ4v) is 1.92. The molecule has 0 spiro atoms. The van der Waals surface area contributed by atoms with Gasteiger partial charge in [-0.25, -0.2) is 0 Å². The molecule has 112 valence electrons. The van der Waals surface area contributed by atoms with Crippen LogP contribution in [0.1, 0.15) is 32.3 Å². The number of benzene rings is 1. The molecule has 2 amide bonds. The summed E-state index contributed by atoms with van der Waals surface area (Å²) in [7, 11) is 0. The van der Waals surface area contributed by atoms with Gasteiger partial charge in [-0.05, 0) is 12.5 Å². The highest BCUT2D eigenvalue weighted by Crippen LogP contribution is 2.05. The van der Waals surface area contributed by atoms with Gasteiger partial charge in [-0.1, -0.05) is 30.3 Å². The van der Waals surface area contributed by atoms with Gasteiger partial charge in [-0.2, -0.15) is 5.26 Å². The van der Waals surface area contributed by atoms with Gasteiger partial charge in [0.25, 0.3) is 0 Å². The van der Waals surface area contributed by atoms with E-state index in [0.717, 1.165) is 5.56 Å². The molecule has 5 heteroatoms. The molecule has 1 rings (SSSR count). The van der Waals surface area contributed by atoms with Crippen molar-refractivity contribution in [1.82, 2.24) is 10.2 Å². The number of nitriles is 1. The second kappa shape index (κ2) is 8.75. The van der Waals surface area contributed by atoms with Gasteiger partial charge in [0, 0.05) is 32.5 Å². The summed E-state index contributed by atoms with van der Waals surface area (Å²) < 4.78 is 0. The predicted molar refractivity (Wildman–Crippen MR) is 80.0 cm³/mol. The molecule has 5 nitrogen and oxygen atoms in total. The SMILES string of the molecule is CC(=O)N(CCC(=O)NC(C)CC#N)Cc1ccccc1. The average molecular weight is 287 g/mol. The summed E-state index contributed by atoms with van der Waals surface area (Å²) >= 11 is 0. The van der Waals surface area contributed by atoms with Crippen molar-refractivity contribution >= 4 is 11.8 Å². The number of amides is 2. The van der Waals surface area contributed by atoms with Crippen LogP contribution in [0.15, 0.2) is 30.3 Å². The van der Waals surface area contributed by atoms with Crippen LogP contribution in [-0.4, -0.2) is 29.3 Å². The molecule has 0 aromatic heterocycles. The third-order valence-corrected chi connectivity index (χ3v) is 3.08. The summed E-state index contributed by atoms with van der Waals surface area (Å²) in [6.07, 6.45) is 0.522. The summed E-state index contributed by atoms with van der Waals surface area (Å²) in [6.45, 7) is 4.15. The Labute approximate surface area is 125 Å². The van der Waals surface area contributed by atoms with Gasteiger partial charge in [-0.15, -0.1) is 0 Å². The first kappa shape index (κ1) is 16.7. The van der Waals surface area contributed by atoms with Crippen molar-refractivity contribution in [3.05, 3.63) is 35.9 Å². The van der Waals surface area contributed by atoms with E-state index in [9.17, 15) is 9.59 Å². The molecule has 1 aromatic carbocycles. The second-order valence-corrected chi connectivity index (χ2v) is 5.01. The number of hydrogen-bond donors (Lipinski definition) is 1. The van der Waals surface area contributed by atoms with Crippen LogP contribution in [0, 0.1) is 11.3 Å². The van der Waals surface area contributed by atoms with Crippen molar-refractivity contribution < 1.29 is 9.59 Å². The molecule has 0 aliphatic heterocycles. The van der Waals surface area contributed by atoms with Crippen LogP contribution in [0.2, 0.25) is 0 Å². The zero-order valence-corrected chi connectivity index (χ0v) is 12.5. The van der Waals surface area contributed by atoms with Crippen LogP contribution >= 0.6 is 0 Å². The lowest BCUT2D eigenvalue weighted by atomic mass is 10.2. The molecule has 1 aromatic rings. The highest BCUT2D eigenvalue weighted by molar-refractivity contribution is 5.78. The van der Waals surface area contributed by atoms with E-state index >= 15 is 0 Å². The van der Waals surface area contributed by atoms with Crippen molar-refractivity contribution in [3.8, 4) is 6.07 Å². The number of hydrogen-bond acceptors (Lipinski definition) is 3. The quantitative estimate of drug-likeness (QED) is 0.831. The minimum atomic E-state index is -0.164. The zero-order valence-electron chi connectivity index (χ0n) is 12.5. The molecule has 1 N–H and O–H groups in total. The minimum Gasteiger partial charge on any atom is -0.353 e. The molecule has 0 saturated carbocycles. The average Bonchev–Trinajstić information content (AvgIpc) is 2.44. The van der Waals surface area contributed by atoms with Crippen LogP contribution in [0.3, 0.4) is 0 Å². The second-order valence-electron chi connectivity index (χ2n) is 5.01. The van der Waals surface area contributed by atoms with Gasteiger partial charge in [-0.3, -0.25) is 9.59 Å². The monoisotopic (exact) mass is 287 g/mol. The van der Waals surface area contributed by atoms with E-state index in [1.54, 1.807) is 11.8 Å². The summed E-state index contributed by atoms with van der Waals surface area (Å²) in [4.78, 5) is 25.0. The molecule has 0 bridgehead atoms. The number of carbonyl (C=O) groups excluding carboxylic acids is 2. The maximum absolute atomic E-state index is 11.7. The summed E-state index contributed by atoms with van der Waals surface area (Å²) in [6, 6.07) is 11.5. The fraction of sp³-hybridized carbons (Fsp3) is 0.438. The van der Waals surface area contributed by atoms with Gasteiger partial charge in [0.05, 0.1) is 12.5 Å². The van der Waals surface area contributed by atoms with Gasteiger partial charge in [0.15, 0.2) is 0 Å². The maximum Gasteiger partial charge on any atom is 0.222 e. The van der Waals surface area contributed by atoms with E-state index < -0.39 is 0 Å². The van der Waals surface area contributed by atoms with Gasteiger partial charge in [0.2, 0.25) is 11.8 Å². The minimum absolute atomic E-state index is 0.0586. The van der Waals surface area contributed by atoms with Crippen LogP contribution < -0.4 is 5.32 Å². The normalized spacial score (nSPS) is 11.3. The molecule has 0 heterocycles. The van der Waals surface area contributed by atoms with Gasteiger partial charge >= 0.3 is 0 Å². The molecule has 0 saturated heterocycles. The molecular formula is C16H21N3O2. The molecule has 0 radical (unpaired) electrons. The van der Waals surface area contributed by atoms with Crippen molar-refractivity contribution in [2.24, 2.45) is 0 Å². The van der Waals surface area contributed by atoms with Crippen LogP contribution in [0.25, 0.3) is 0 Å². The summed E-state index contributed by atoms with van der Waals surface area (Å²) in [5, 5.41) is 11.3. The number of rotatable bonds is 7. The Morgan fingerprint density at radius 3 is 2.57 bits per heavy atom. The highest BCUT2D eigenvalue weighted by Gasteiger charge is 2.13. The lowest BCUT2D eigenvalue weighted by molar-refractivity contribution is -0.130. The summed E-state index contributed by atoms with van der Waals surface area (Å²) in [5.74, 6) is -0.200. The van der Waals surface area contributed by atoms with Crippen molar-refractivity contribution in [1.29, 1.82) is 5.26 Å². The van der Waals surface area contributed by atoms with Gasteiger partial charge in [0.1, 0.15) is 0 Å². The molecular weight excluding hydrogens is 266 g/mol. The first-order chi connectivity index (χ1) is 10.0. The van der Waals surface area contributed by atoms with Crippen LogP contribution in [-0.2, 0) is 16.1 Å². The Morgan fingerprint density at radius 1 is 1.33 bits per heavy atom. The Balaban J connectivity index is 2.47.